The number of carbonyl (C=O) groups excluding carboxylic acids is 2. The van der Waals surface area contributed by atoms with Gasteiger partial charge in [-0.25, -0.2) is 9.59 Å². The number of ether oxygens (including phenoxy) is 1. The fourth-order valence-electron chi connectivity index (χ4n) is 2.98. The van der Waals surface area contributed by atoms with E-state index in [1.807, 2.05) is 19.1 Å². The maximum atomic E-state index is 12.7. The summed E-state index contributed by atoms with van der Waals surface area (Å²) in [7, 11) is 0. The van der Waals surface area contributed by atoms with E-state index in [0.29, 0.717) is 25.1 Å². The first kappa shape index (κ1) is 19.8. The minimum Gasteiger partial charge on any atom is -0.480 e. The number of amides is 2. The summed E-state index contributed by atoms with van der Waals surface area (Å²) in [4.78, 5) is 39.4. The lowest BCUT2D eigenvalue weighted by Gasteiger charge is -2.30. The van der Waals surface area contributed by atoms with E-state index < -0.39 is 29.6 Å². The van der Waals surface area contributed by atoms with Crippen molar-refractivity contribution in [1.29, 1.82) is 0 Å². The van der Waals surface area contributed by atoms with Gasteiger partial charge in [-0.05, 0) is 52.2 Å². The average Bonchev–Trinajstić information content (AvgIpc) is 3.01. The van der Waals surface area contributed by atoms with Gasteiger partial charge in [0, 0.05) is 6.54 Å². The van der Waals surface area contributed by atoms with Crippen LogP contribution in [0, 0.1) is 6.92 Å². The second kappa shape index (κ2) is 7.76. The van der Waals surface area contributed by atoms with Crippen LogP contribution in [-0.4, -0.2) is 52.7 Å². The molecule has 0 spiro atoms. The van der Waals surface area contributed by atoms with Gasteiger partial charge in [0.25, 0.3) is 0 Å². The Hall–Kier alpha value is -2.57. The Morgan fingerprint density at radius 1 is 1.27 bits per heavy atom. The van der Waals surface area contributed by atoms with Gasteiger partial charge in [-0.2, -0.15) is 0 Å². The fourth-order valence-corrected chi connectivity index (χ4v) is 2.98. The van der Waals surface area contributed by atoms with Crippen molar-refractivity contribution in [2.45, 2.75) is 52.2 Å². The molecule has 1 atom stereocenters. The highest BCUT2D eigenvalue weighted by molar-refractivity contribution is 5.96. The number of carboxylic acid groups (broad SMARTS) is 1. The van der Waals surface area contributed by atoms with Crippen molar-refractivity contribution in [3.05, 3.63) is 29.8 Å². The van der Waals surface area contributed by atoms with Gasteiger partial charge in [0.05, 0.1) is 5.69 Å². The number of aliphatic carboxylic acids is 1. The number of rotatable bonds is 4. The number of para-hydroxylation sites is 1. The molecule has 0 aliphatic carbocycles. The second-order valence-corrected chi connectivity index (χ2v) is 7.44. The van der Waals surface area contributed by atoms with Crippen LogP contribution in [0.15, 0.2) is 24.3 Å². The number of carbonyl (C=O) groups is 3. The van der Waals surface area contributed by atoms with Crippen molar-refractivity contribution in [2.24, 2.45) is 0 Å². The van der Waals surface area contributed by atoms with Gasteiger partial charge in [-0.3, -0.25) is 9.69 Å². The molecule has 142 valence electrons. The zero-order valence-corrected chi connectivity index (χ0v) is 15.7. The standard InChI is InChI=1S/C19H26N2O5/c1-13-8-5-6-9-14(13)21(18(25)26-19(2,3)4)12-16(22)20-11-7-10-15(20)17(23)24/h5-6,8-9,15H,7,10-12H2,1-4H3,(H,23,24)/t15-/m0/s1. The number of likely N-dealkylation sites (tertiary alicyclic amines) is 1. The van der Waals surface area contributed by atoms with Crippen LogP contribution >= 0.6 is 0 Å². The number of benzene rings is 1. The molecule has 0 aromatic heterocycles. The summed E-state index contributed by atoms with van der Waals surface area (Å²) < 4.78 is 5.45. The summed E-state index contributed by atoms with van der Waals surface area (Å²) >= 11 is 0. The Kier molecular flexibility index (Phi) is 5.90. The Bertz CT molecular complexity index is 695. The maximum absolute atomic E-state index is 12.7. The van der Waals surface area contributed by atoms with Crippen molar-refractivity contribution in [1.82, 2.24) is 4.90 Å². The Labute approximate surface area is 153 Å². The van der Waals surface area contributed by atoms with E-state index in [2.05, 4.69) is 0 Å². The SMILES string of the molecule is Cc1ccccc1N(CC(=O)N1CCC[C@H]1C(=O)O)C(=O)OC(C)(C)C. The monoisotopic (exact) mass is 362 g/mol. The fraction of sp³-hybridized carbons (Fsp3) is 0.526. The predicted octanol–water partition coefficient (Wildman–Crippen LogP) is 2.81. The van der Waals surface area contributed by atoms with Crippen molar-refractivity contribution in [3.63, 3.8) is 0 Å². The van der Waals surface area contributed by atoms with Crippen LogP contribution in [0.1, 0.15) is 39.2 Å². The van der Waals surface area contributed by atoms with Gasteiger partial charge >= 0.3 is 12.1 Å². The van der Waals surface area contributed by atoms with Crippen LogP contribution in [0.2, 0.25) is 0 Å². The van der Waals surface area contributed by atoms with Crippen molar-refractivity contribution >= 4 is 23.7 Å². The topological polar surface area (TPSA) is 87.2 Å². The lowest BCUT2D eigenvalue weighted by Crippen LogP contribution is -2.48. The van der Waals surface area contributed by atoms with Crippen molar-refractivity contribution in [2.75, 3.05) is 18.0 Å². The summed E-state index contributed by atoms with van der Waals surface area (Å²) in [6.45, 7) is 7.22. The molecule has 1 aliphatic heterocycles. The van der Waals surface area contributed by atoms with Gasteiger partial charge in [0.1, 0.15) is 18.2 Å². The summed E-state index contributed by atoms with van der Waals surface area (Å²) in [5.74, 6) is -1.42. The minimum atomic E-state index is -1.02. The number of hydrogen-bond acceptors (Lipinski definition) is 4. The first-order valence-corrected chi connectivity index (χ1v) is 8.68. The van der Waals surface area contributed by atoms with Crippen LogP contribution in [-0.2, 0) is 14.3 Å². The Morgan fingerprint density at radius 2 is 1.92 bits per heavy atom. The quantitative estimate of drug-likeness (QED) is 0.890. The molecule has 2 rings (SSSR count). The number of hydrogen-bond donors (Lipinski definition) is 1. The molecule has 1 aromatic rings. The molecule has 1 N–H and O–H groups in total. The molecule has 0 unspecified atom stereocenters. The van der Waals surface area contributed by atoms with Crippen molar-refractivity contribution in [3.8, 4) is 0 Å². The minimum absolute atomic E-state index is 0.260. The van der Waals surface area contributed by atoms with Crippen LogP contribution in [0.3, 0.4) is 0 Å². The van der Waals surface area contributed by atoms with Gasteiger partial charge in [-0.15, -0.1) is 0 Å². The third kappa shape index (κ3) is 4.74. The molecular weight excluding hydrogens is 336 g/mol. The van der Waals surface area contributed by atoms with Crippen LogP contribution in [0.25, 0.3) is 0 Å². The third-order valence-corrected chi connectivity index (χ3v) is 4.17. The molecule has 7 heteroatoms. The van der Waals surface area contributed by atoms with Crippen LogP contribution in [0.5, 0.6) is 0 Å². The zero-order chi connectivity index (χ0) is 19.5. The highest BCUT2D eigenvalue weighted by Crippen LogP contribution is 2.24. The van der Waals surface area contributed by atoms with E-state index >= 15 is 0 Å². The van der Waals surface area contributed by atoms with Crippen molar-refractivity contribution < 1.29 is 24.2 Å². The summed E-state index contributed by atoms with van der Waals surface area (Å²) in [5.41, 5.74) is 0.682. The first-order chi connectivity index (χ1) is 12.1. The highest BCUT2D eigenvalue weighted by Gasteiger charge is 2.36. The van der Waals surface area contributed by atoms with Gasteiger partial charge in [-0.1, -0.05) is 18.2 Å². The lowest BCUT2D eigenvalue weighted by atomic mass is 10.1. The van der Waals surface area contributed by atoms with Crippen LogP contribution < -0.4 is 4.90 Å². The van der Waals surface area contributed by atoms with E-state index in [4.69, 9.17) is 4.74 Å². The van der Waals surface area contributed by atoms with Gasteiger partial charge in [0.2, 0.25) is 5.91 Å². The molecule has 0 radical (unpaired) electrons. The molecular formula is C19H26N2O5. The summed E-state index contributed by atoms with van der Waals surface area (Å²) in [6, 6.07) is 6.37. The number of nitrogens with zero attached hydrogens (tertiary/aromatic N) is 2. The molecule has 0 bridgehead atoms. The van der Waals surface area contributed by atoms with E-state index in [1.165, 1.54) is 9.80 Å². The summed E-state index contributed by atoms with van der Waals surface area (Å²) in [5, 5.41) is 9.29. The van der Waals surface area contributed by atoms with E-state index in [9.17, 15) is 19.5 Å². The van der Waals surface area contributed by atoms with E-state index in [1.54, 1.807) is 32.9 Å². The maximum Gasteiger partial charge on any atom is 0.415 e. The molecule has 7 nitrogen and oxygen atoms in total. The number of carboxylic acids is 1. The largest absolute Gasteiger partial charge is 0.480 e. The molecule has 1 aliphatic rings. The number of aryl methyl sites for hydroxylation is 1. The molecule has 1 aromatic carbocycles. The summed E-state index contributed by atoms with van der Waals surface area (Å²) in [6.07, 6.45) is 0.434. The zero-order valence-electron chi connectivity index (χ0n) is 15.7. The normalized spacial score (nSPS) is 17.1. The van der Waals surface area contributed by atoms with Crippen LogP contribution in [0.4, 0.5) is 10.5 Å². The average molecular weight is 362 g/mol. The third-order valence-electron chi connectivity index (χ3n) is 4.17. The van der Waals surface area contributed by atoms with Gasteiger partial charge in [0.15, 0.2) is 0 Å². The number of anilines is 1. The lowest BCUT2D eigenvalue weighted by molar-refractivity contribution is -0.147. The molecule has 1 heterocycles. The molecule has 26 heavy (non-hydrogen) atoms. The predicted molar refractivity (Wildman–Crippen MR) is 97.1 cm³/mol. The van der Waals surface area contributed by atoms with E-state index in [-0.39, 0.29) is 6.54 Å². The molecule has 2 amide bonds. The highest BCUT2D eigenvalue weighted by atomic mass is 16.6. The van der Waals surface area contributed by atoms with Gasteiger partial charge < -0.3 is 14.7 Å². The molecule has 1 fully saturated rings. The smallest absolute Gasteiger partial charge is 0.415 e. The molecule has 1 saturated heterocycles. The second-order valence-electron chi connectivity index (χ2n) is 7.44. The van der Waals surface area contributed by atoms with E-state index in [0.717, 1.165) is 5.56 Å². The Balaban J connectivity index is 2.27. The Morgan fingerprint density at radius 3 is 2.50 bits per heavy atom. The molecule has 0 saturated carbocycles. The first-order valence-electron chi connectivity index (χ1n) is 8.68.